The fourth-order valence-electron chi connectivity index (χ4n) is 1.06. The Morgan fingerprint density at radius 1 is 1.41 bits per heavy atom. The molecule has 3 N–H and O–H groups in total. The monoisotopic (exact) mass is 247 g/mol. The highest BCUT2D eigenvalue weighted by Crippen LogP contribution is 2.26. The molecule has 1 aromatic carbocycles. The largest absolute Gasteiger partial charge is 0.573 e. The predicted octanol–water partition coefficient (Wildman–Crippen LogP) is 2.27. The van der Waals surface area contributed by atoms with E-state index in [0.717, 1.165) is 24.3 Å². The third kappa shape index (κ3) is 4.45. The highest BCUT2D eigenvalue weighted by atomic mass is 19.4. The molecule has 7 heteroatoms. The number of carboxylic acids is 1. The molecule has 0 spiro atoms. The van der Waals surface area contributed by atoms with E-state index in [4.69, 9.17) is 10.8 Å². The van der Waals surface area contributed by atoms with Crippen molar-refractivity contribution in [1.29, 1.82) is 0 Å². The molecule has 17 heavy (non-hydrogen) atoms. The normalized spacial score (nSPS) is 11.7. The Bertz CT molecular complexity index is 455. The number of nitrogens with two attached hydrogens (primary N) is 1. The molecule has 0 aliphatic heterocycles. The molecule has 0 atom stereocenters. The van der Waals surface area contributed by atoms with Crippen LogP contribution in [0.25, 0.3) is 6.08 Å². The van der Waals surface area contributed by atoms with E-state index in [-0.39, 0.29) is 11.3 Å². The second-order valence-electron chi connectivity index (χ2n) is 3.01. The molecule has 92 valence electrons. The van der Waals surface area contributed by atoms with Crippen LogP contribution in [-0.4, -0.2) is 17.4 Å². The molecule has 4 nitrogen and oxygen atoms in total. The summed E-state index contributed by atoms with van der Waals surface area (Å²) in [6, 6.07) is 3.24. The summed E-state index contributed by atoms with van der Waals surface area (Å²) in [6.45, 7) is 0. The number of carbonyl (C=O) groups is 1. The first-order valence-corrected chi connectivity index (χ1v) is 4.34. The SMILES string of the molecule is Nc1ccc(OC(F)(F)F)cc1C=CC(=O)O. The van der Waals surface area contributed by atoms with Gasteiger partial charge in [0, 0.05) is 17.3 Å². The molecule has 0 bridgehead atoms. The second-order valence-corrected chi connectivity index (χ2v) is 3.01. The van der Waals surface area contributed by atoms with E-state index in [1.807, 2.05) is 0 Å². The molecule has 0 amide bonds. The molecule has 0 heterocycles. The number of nitrogen functional groups attached to an aromatic ring is 1. The number of halogens is 3. The van der Waals surface area contributed by atoms with E-state index in [0.29, 0.717) is 0 Å². The molecule has 0 saturated heterocycles. The lowest BCUT2D eigenvalue weighted by Crippen LogP contribution is -2.17. The van der Waals surface area contributed by atoms with Crippen LogP contribution in [0, 0.1) is 0 Å². The highest BCUT2D eigenvalue weighted by Gasteiger charge is 2.31. The number of ether oxygens (including phenoxy) is 1. The number of rotatable bonds is 3. The van der Waals surface area contributed by atoms with Gasteiger partial charge in [-0.25, -0.2) is 4.79 Å². The molecule has 0 aliphatic rings. The van der Waals surface area contributed by atoms with E-state index in [1.54, 1.807) is 0 Å². The van der Waals surface area contributed by atoms with Crippen molar-refractivity contribution in [2.24, 2.45) is 0 Å². The number of hydrogen-bond donors (Lipinski definition) is 2. The van der Waals surface area contributed by atoms with Gasteiger partial charge in [-0.15, -0.1) is 13.2 Å². The average molecular weight is 247 g/mol. The molecule has 0 aromatic heterocycles. The minimum Gasteiger partial charge on any atom is -0.478 e. The minimum absolute atomic E-state index is 0.133. The van der Waals surface area contributed by atoms with Crippen LogP contribution in [0.15, 0.2) is 24.3 Å². The number of anilines is 1. The lowest BCUT2D eigenvalue weighted by atomic mass is 10.1. The maximum Gasteiger partial charge on any atom is 0.573 e. The zero-order chi connectivity index (χ0) is 13.1. The van der Waals surface area contributed by atoms with Crippen molar-refractivity contribution in [3.05, 3.63) is 29.8 Å². The Morgan fingerprint density at radius 3 is 2.59 bits per heavy atom. The Balaban J connectivity index is 2.98. The van der Waals surface area contributed by atoms with Gasteiger partial charge in [0.25, 0.3) is 0 Å². The van der Waals surface area contributed by atoms with Gasteiger partial charge in [-0.2, -0.15) is 0 Å². The lowest BCUT2D eigenvalue weighted by Gasteiger charge is -2.10. The lowest BCUT2D eigenvalue weighted by molar-refractivity contribution is -0.274. The fraction of sp³-hybridized carbons (Fsp3) is 0.100. The summed E-state index contributed by atoms with van der Waals surface area (Å²) in [4.78, 5) is 10.3. The van der Waals surface area contributed by atoms with Crippen LogP contribution < -0.4 is 10.5 Å². The first kappa shape index (κ1) is 12.9. The molecule has 0 unspecified atom stereocenters. The van der Waals surface area contributed by atoms with Gasteiger partial charge in [0.1, 0.15) is 5.75 Å². The van der Waals surface area contributed by atoms with Crippen molar-refractivity contribution < 1.29 is 27.8 Å². The Labute approximate surface area is 94.1 Å². The van der Waals surface area contributed by atoms with Gasteiger partial charge in [-0.1, -0.05) is 0 Å². The van der Waals surface area contributed by atoms with Crippen molar-refractivity contribution in [2.45, 2.75) is 6.36 Å². The van der Waals surface area contributed by atoms with Gasteiger partial charge in [-0.3, -0.25) is 0 Å². The Kier molecular flexibility index (Phi) is 3.62. The van der Waals surface area contributed by atoms with Crippen LogP contribution in [0.4, 0.5) is 18.9 Å². The van der Waals surface area contributed by atoms with Crippen LogP contribution in [0.3, 0.4) is 0 Å². The highest BCUT2D eigenvalue weighted by molar-refractivity contribution is 5.86. The van der Waals surface area contributed by atoms with Gasteiger partial charge in [0.05, 0.1) is 0 Å². The smallest absolute Gasteiger partial charge is 0.478 e. The van der Waals surface area contributed by atoms with Crippen LogP contribution >= 0.6 is 0 Å². The number of carboxylic acid groups (broad SMARTS) is 1. The molecule has 0 radical (unpaired) electrons. The second kappa shape index (κ2) is 4.77. The molecule has 0 saturated carbocycles. The van der Waals surface area contributed by atoms with Gasteiger partial charge in [-0.05, 0) is 24.3 Å². The number of benzene rings is 1. The maximum absolute atomic E-state index is 11.9. The summed E-state index contributed by atoms with van der Waals surface area (Å²) in [5.41, 5.74) is 5.74. The quantitative estimate of drug-likeness (QED) is 0.634. The molecule has 1 rings (SSSR count). The standard InChI is InChI=1S/C10H8F3NO3/c11-10(12,13)17-7-2-3-8(14)6(5-7)1-4-9(15)16/h1-5H,14H2,(H,15,16). The van der Waals surface area contributed by atoms with E-state index < -0.39 is 18.1 Å². The topological polar surface area (TPSA) is 72.5 Å². The van der Waals surface area contributed by atoms with Gasteiger partial charge < -0.3 is 15.6 Å². The summed E-state index contributed by atoms with van der Waals surface area (Å²) < 4.78 is 39.4. The summed E-state index contributed by atoms with van der Waals surface area (Å²) in [5.74, 6) is -1.69. The van der Waals surface area contributed by atoms with Gasteiger partial charge in [0.15, 0.2) is 0 Å². The van der Waals surface area contributed by atoms with Crippen molar-refractivity contribution in [3.8, 4) is 5.75 Å². The molecular formula is C10H8F3NO3. The molecule has 0 aliphatic carbocycles. The van der Waals surface area contributed by atoms with E-state index in [1.165, 1.54) is 6.07 Å². The number of aliphatic carboxylic acids is 1. The third-order valence-corrected chi connectivity index (χ3v) is 1.70. The average Bonchev–Trinajstić information content (AvgIpc) is 2.16. The van der Waals surface area contributed by atoms with Crippen LogP contribution in [0.1, 0.15) is 5.56 Å². The van der Waals surface area contributed by atoms with E-state index in [2.05, 4.69) is 4.74 Å². The minimum atomic E-state index is -4.80. The third-order valence-electron chi connectivity index (χ3n) is 1.70. The van der Waals surface area contributed by atoms with Gasteiger partial charge >= 0.3 is 12.3 Å². The van der Waals surface area contributed by atoms with Crippen molar-refractivity contribution in [2.75, 3.05) is 5.73 Å². The Morgan fingerprint density at radius 2 is 2.06 bits per heavy atom. The fourth-order valence-corrected chi connectivity index (χ4v) is 1.06. The van der Waals surface area contributed by atoms with Crippen molar-refractivity contribution in [3.63, 3.8) is 0 Å². The zero-order valence-corrected chi connectivity index (χ0v) is 8.36. The van der Waals surface area contributed by atoms with Crippen LogP contribution in [-0.2, 0) is 4.79 Å². The summed E-state index contributed by atoms with van der Waals surface area (Å²) in [5, 5.41) is 8.38. The predicted molar refractivity (Wildman–Crippen MR) is 54.2 cm³/mol. The van der Waals surface area contributed by atoms with E-state index >= 15 is 0 Å². The summed E-state index contributed by atoms with van der Waals surface area (Å²) in [7, 11) is 0. The number of alkyl halides is 3. The Hall–Kier alpha value is -2.18. The molecule has 1 aromatic rings. The van der Waals surface area contributed by atoms with Crippen molar-refractivity contribution >= 4 is 17.7 Å². The number of hydrogen-bond acceptors (Lipinski definition) is 3. The molecule has 0 fully saturated rings. The first-order chi connectivity index (χ1) is 7.78. The van der Waals surface area contributed by atoms with Crippen LogP contribution in [0.5, 0.6) is 5.75 Å². The van der Waals surface area contributed by atoms with Crippen LogP contribution in [0.2, 0.25) is 0 Å². The maximum atomic E-state index is 11.9. The first-order valence-electron chi connectivity index (χ1n) is 4.34. The summed E-state index contributed by atoms with van der Waals surface area (Å²) in [6.07, 6.45) is -2.95. The summed E-state index contributed by atoms with van der Waals surface area (Å²) >= 11 is 0. The van der Waals surface area contributed by atoms with Gasteiger partial charge in [0.2, 0.25) is 0 Å². The zero-order valence-electron chi connectivity index (χ0n) is 8.36. The molecular weight excluding hydrogens is 239 g/mol. The van der Waals surface area contributed by atoms with Crippen molar-refractivity contribution in [1.82, 2.24) is 0 Å². The van der Waals surface area contributed by atoms with E-state index in [9.17, 15) is 18.0 Å².